The number of para-hydroxylation sites is 2. The molecule has 2 aliphatic heterocycles. The van der Waals surface area contributed by atoms with Crippen molar-refractivity contribution in [1.82, 2.24) is 45.7 Å². The smallest absolute Gasteiger partial charge is 0.345 e. The molecule has 8 aromatic rings. The van der Waals surface area contributed by atoms with E-state index in [-0.39, 0.29) is 68.1 Å². The summed E-state index contributed by atoms with van der Waals surface area (Å²) >= 11 is 8.58. The molecule has 5 aromatic carbocycles. The molecule has 0 bridgehead atoms. The zero-order chi connectivity index (χ0) is 89.1. The Morgan fingerprint density at radius 1 is 0.748 bits per heavy atom. The molecule has 6 amide bonds. The monoisotopic (exact) mass is 1740 g/mol. The van der Waals surface area contributed by atoms with E-state index < -0.39 is 133 Å². The number of piperazine rings is 1. The fourth-order valence-electron chi connectivity index (χ4n) is 14.0. The molecule has 0 spiro atoms. The van der Waals surface area contributed by atoms with Crippen molar-refractivity contribution >= 4 is 104 Å². The van der Waals surface area contributed by atoms with Gasteiger partial charge in [0.1, 0.15) is 66.1 Å². The third-order valence-corrected chi connectivity index (χ3v) is 22.1. The number of hydrogen-bond acceptors (Lipinski definition) is 27. The van der Waals surface area contributed by atoms with Gasteiger partial charge in [-0.1, -0.05) is 80.0 Å². The van der Waals surface area contributed by atoms with Gasteiger partial charge >= 0.3 is 41.8 Å². The number of carboxylic acids is 2. The van der Waals surface area contributed by atoms with E-state index in [0.29, 0.717) is 132 Å². The lowest BCUT2D eigenvalue weighted by Crippen LogP contribution is -2.66. The highest BCUT2D eigenvalue weighted by molar-refractivity contribution is 7.22. The summed E-state index contributed by atoms with van der Waals surface area (Å²) in [7, 11) is 5.00. The number of carbonyl (C=O) groups is 11. The maximum absolute atomic E-state index is 14.6. The minimum Gasteiger partial charge on any atom is -0.496 e. The van der Waals surface area contributed by atoms with Crippen LogP contribution in [0.3, 0.4) is 0 Å². The number of esters is 4. The number of primary amides is 1. The molecule has 2 aliphatic rings. The number of urea groups is 1. The quantitative estimate of drug-likeness (QED) is 0.00806. The Labute approximate surface area is 716 Å². The Morgan fingerprint density at radius 2 is 1.42 bits per heavy atom. The van der Waals surface area contributed by atoms with E-state index in [9.17, 15) is 67.3 Å². The molecule has 3 unspecified atom stereocenters. The molecule has 0 saturated carbocycles. The number of likely N-dealkylation sites (N-methyl/N-ethyl adjacent to an activating group) is 1. The first kappa shape index (κ1) is 92.7. The van der Waals surface area contributed by atoms with Crippen molar-refractivity contribution in [2.75, 3.05) is 72.4 Å². The molecule has 5 heterocycles. The van der Waals surface area contributed by atoms with Crippen LogP contribution in [0, 0.1) is 18.7 Å². The van der Waals surface area contributed by atoms with E-state index in [1.165, 1.54) is 41.7 Å². The van der Waals surface area contributed by atoms with Gasteiger partial charge in [-0.05, 0) is 108 Å². The number of rotatable bonds is 38. The molecule has 0 aliphatic carbocycles. The van der Waals surface area contributed by atoms with E-state index in [2.05, 4.69) is 48.2 Å². The van der Waals surface area contributed by atoms with Gasteiger partial charge in [0.15, 0.2) is 24.1 Å². The molecule has 123 heavy (non-hydrogen) atoms. The van der Waals surface area contributed by atoms with Gasteiger partial charge in [-0.3, -0.25) is 43.3 Å². The molecule has 35 nitrogen and oxygen atoms in total. The van der Waals surface area contributed by atoms with Gasteiger partial charge in [-0.25, -0.2) is 38.7 Å². The van der Waals surface area contributed by atoms with Crippen molar-refractivity contribution in [1.29, 1.82) is 0 Å². The largest absolute Gasteiger partial charge is 0.496 e. The number of hydrogen-bond donors (Lipinski definition) is 8. The minimum atomic E-state index is -2.12. The van der Waals surface area contributed by atoms with Gasteiger partial charge in [0.2, 0.25) is 42.1 Å². The number of halogens is 2. The minimum absolute atomic E-state index is 0.0178. The van der Waals surface area contributed by atoms with Crippen molar-refractivity contribution < 1.29 is 114 Å². The number of benzene rings is 5. The highest BCUT2D eigenvalue weighted by atomic mass is 35.5. The topological polar surface area (TPSA) is 470 Å². The first-order valence-electron chi connectivity index (χ1n) is 39.3. The molecule has 654 valence electrons. The zero-order valence-corrected chi connectivity index (χ0v) is 70.8. The van der Waals surface area contributed by atoms with Crippen LogP contribution in [-0.2, 0) is 97.7 Å². The standard InChI is InChI=1S/C85H97ClFN13O22S/c1-45(2)70(88)78(107)96-60(18-15-30-91-85(89)113)77(106)95-56-26-23-53(54(38-56)41-98(8)66(105)40-61(82(109)110)97-79(108)73-71(117-47(4)101)72(118-48(5)102)74(119-49(6)103)84(122-73)120-50(7)104)42-100(9)35-32-99(33-36-100)34-37-115-64-28-27-58(46(3)69(64)86)67-68-80(92-44-93-81(68)123-75(67)51-21-24-55(87)25-22-51)121-65(83(111)112)39-52-16-11-13-19-62(52)116-43-57-29-31-90-76(94-57)59-17-12-14-20-63(59)114-10/h11-14,16-17,19-29,31,38,44-45,60-61,65,70-74,84H,15,18,30,32-37,39-43,88H2,1-10H3,(H7-,89,91,95,96,97,106,107,108,109,110,111,112,113)/p+1/t60?,61?,65-,70?,71-,72-,73-,74+,84+/m1/s1. The number of nitrogens with one attached hydrogen (secondary N) is 4. The second-order valence-electron chi connectivity index (χ2n) is 30.1. The number of nitrogens with two attached hydrogens (primary N) is 2. The second-order valence-corrected chi connectivity index (χ2v) is 31.5. The van der Waals surface area contributed by atoms with Crippen LogP contribution in [0.25, 0.3) is 43.2 Å². The van der Waals surface area contributed by atoms with E-state index in [1.807, 2.05) is 37.3 Å². The SMILES string of the molecule is COc1ccccc1-c1nccc(COc2ccccc2C[C@@H](Oc2ncnc3sc(-c4ccc(F)cc4)c(-c4ccc(OCCN5CC[N+](C)(Cc6ccc(NC(=O)C(CCCNC(N)=O)NC(=O)C(N)C(C)C)cc6CN(C)C(=O)CC(NC(=O)[C@@H]6O[C@H](OC(C)=O)[C@@H](OC(C)=O)[C@H](OC(C)=O)[C@H]6OC(C)=O)C(=O)O)CC5)c(Cl)c4C)c23)C(=O)O)n1. The average Bonchev–Trinajstić information content (AvgIpc) is 1.61. The number of ether oxygens (including phenoxy) is 9. The lowest BCUT2D eigenvalue weighted by atomic mass is 9.96. The van der Waals surface area contributed by atoms with Crippen LogP contribution >= 0.6 is 22.9 Å². The van der Waals surface area contributed by atoms with E-state index in [0.717, 1.165) is 27.7 Å². The summed E-state index contributed by atoms with van der Waals surface area (Å²) in [6.07, 6.45) is -9.13. The molecule has 2 saturated heterocycles. The van der Waals surface area contributed by atoms with Crippen LogP contribution in [0.1, 0.15) is 88.8 Å². The second kappa shape index (κ2) is 42.3. The summed E-state index contributed by atoms with van der Waals surface area (Å²) in [5.74, 6) is -9.52. The Bertz CT molecular complexity index is 5210. The Hall–Kier alpha value is -12.5. The van der Waals surface area contributed by atoms with Crippen molar-refractivity contribution in [2.45, 2.75) is 149 Å². The molecule has 2 fully saturated rings. The molecule has 9 atom stereocenters. The summed E-state index contributed by atoms with van der Waals surface area (Å²) in [6, 6.07) is 25.7. The predicted octanol–water partition coefficient (Wildman–Crippen LogP) is 7.44. The number of fused-ring (bicyclic) bond motifs is 1. The maximum Gasteiger partial charge on any atom is 0.345 e. The number of nitrogens with zero attached hydrogens (tertiary/aromatic N) is 7. The molecular weight excluding hydrogens is 1640 g/mol. The average molecular weight is 1740 g/mol. The predicted molar refractivity (Wildman–Crippen MR) is 444 cm³/mol. The number of aromatic nitrogens is 4. The van der Waals surface area contributed by atoms with Crippen molar-refractivity contribution in [3.8, 4) is 56.1 Å². The van der Waals surface area contributed by atoms with Gasteiger partial charge in [0, 0.05) is 102 Å². The van der Waals surface area contributed by atoms with Crippen molar-refractivity contribution in [3.05, 3.63) is 161 Å². The Balaban J connectivity index is 0.849. The highest BCUT2D eigenvalue weighted by Gasteiger charge is 2.56. The third-order valence-electron chi connectivity index (χ3n) is 20.5. The van der Waals surface area contributed by atoms with Crippen molar-refractivity contribution in [3.63, 3.8) is 0 Å². The van der Waals surface area contributed by atoms with Gasteiger partial charge < -0.3 is 95.0 Å². The molecule has 10 rings (SSSR count). The van der Waals surface area contributed by atoms with Crippen LogP contribution in [0.4, 0.5) is 14.9 Å². The van der Waals surface area contributed by atoms with E-state index in [1.54, 1.807) is 93.9 Å². The number of anilines is 1. The molecule has 38 heteroatoms. The molecule has 10 N–H and O–H groups in total. The highest BCUT2D eigenvalue weighted by Crippen LogP contribution is 2.50. The normalized spacial score (nSPS) is 17.2. The number of aliphatic carboxylic acids is 2. The van der Waals surface area contributed by atoms with Gasteiger partial charge in [0.05, 0.1) is 61.4 Å². The fraction of sp³-hybridized carbons (Fsp3) is 0.400. The summed E-state index contributed by atoms with van der Waals surface area (Å²) < 4.78 is 66.8. The van der Waals surface area contributed by atoms with Crippen LogP contribution in [0.5, 0.6) is 23.1 Å². The number of amides is 6. The molecular formula is C85H98ClFN13O22S+. The lowest BCUT2D eigenvalue weighted by Gasteiger charge is -2.43. The number of quaternary nitrogens is 1. The van der Waals surface area contributed by atoms with Crippen LogP contribution in [0.2, 0.25) is 5.02 Å². The lowest BCUT2D eigenvalue weighted by molar-refractivity contribution is -0.926. The van der Waals surface area contributed by atoms with Gasteiger partial charge in [-0.2, -0.15) is 0 Å². The maximum atomic E-state index is 14.6. The third kappa shape index (κ3) is 24.6. The summed E-state index contributed by atoms with van der Waals surface area (Å²) in [5, 5.41) is 32.4. The number of methoxy groups -OCH3 is 1. The number of thiophene rings is 1. The van der Waals surface area contributed by atoms with Crippen molar-refractivity contribution in [2.24, 2.45) is 17.4 Å². The Morgan fingerprint density at radius 3 is 2.09 bits per heavy atom. The first-order chi connectivity index (χ1) is 58.6. The first-order valence-corrected chi connectivity index (χ1v) is 40.5. The van der Waals surface area contributed by atoms with Crippen LogP contribution < -0.4 is 51.7 Å². The number of carboxylic acid groups (broad SMARTS) is 2. The van der Waals surface area contributed by atoms with E-state index >= 15 is 0 Å². The Kier molecular flexibility index (Phi) is 31.9. The molecule has 0 radical (unpaired) electrons. The van der Waals surface area contributed by atoms with Crippen LogP contribution in [-0.4, -0.2) is 232 Å². The fourth-order valence-corrected chi connectivity index (χ4v) is 15.4. The molecule has 3 aromatic heterocycles. The van der Waals surface area contributed by atoms with Crippen LogP contribution in [0.15, 0.2) is 122 Å². The van der Waals surface area contributed by atoms with Gasteiger partial charge in [-0.15, -0.1) is 11.3 Å². The summed E-state index contributed by atoms with van der Waals surface area (Å²) in [4.78, 5) is 167. The zero-order valence-electron chi connectivity index (χ0n) is 69.2. The van der Waals surface area contributed by atoms with E-state index in [4.69, 9.17) is 70.7 Å². The summed E-state index contributed by atoms with van der Waals surface area (Å²) in [5.41, 5.74) is 17.0. The summed E-state index contributed by atoms with van der Waals surface area (Å²) in [6.45, 7) is 12.3. The number of carbonyl (C=O) groups excluding carboxylic acids is 9. The van der Waals surface area contributed by atoms with Gasteiger partial charge in [0.25, 0.3) is 5.91 Å².